The SMILES string of the molecule is CN1CCN(CCOc2ccc(Cc3nc4cccc(-c5ccc6c(c5)OCCO6)n4n3)cc2)CC1. The van der Waals surface area contributed by atoms with Gasteiger partial charge < -0.3 is 19.1 Å². The Bertz CT molecular complexity index is 1330. The summed E-state index contributed by atoms with van der Waals surface area (Å²) in [4.78, 5) is 9.60. The van der Waals surface area contributed by atoms with Gasteiger partial charge in [0.2, 0.25) is 0 Å². The molecular weight excluding hydrogens is 454 g/mol. The average molecular weight is 486 g/mol. The van der Waals surface area contributed by atoms with E-state index in [0.29, 0.717) is 26.2 Å². The van der Waals surface area contributed by atoms with E-state index in [-0.39, 0.29) is 0 Å². The zero-order valence-corrected chi connectivity index (χ0v) is 20.6. The number of ether oxygens (including phenoxy) is 3. The van der Waals surface area contributed by atoms with Crippen LogP contribution in [0.5, 0.6) is 17.2 Å². The van der Waals surface area contributed by atoms with E-state index in [9.17, 15) is 0 Å². The molecule has 36 heavy (non-hydrogen) atoms. The van der Waals surface area contributed by atoms with Gasteiger partial charge in [0.1, 0.15) is 25.6 Å². The summed E-state index contributed by atoms with van der Waals surface area (Å²) in [6.45, 7) is 7.30. The topological polar surface area (TPSA) is 64.4 Å². The van der Waals surface area contributed by atoms with Crippen LogP contribution >= 0.6 is 0 Å². The Balaban J connectivity index is 1.11. The highest BCUT2D eigenvalue weighted by Crippen LogP contribution is 2.34. The first-order valence-corrected chi connectivity index (χ1v) is 12.6. The molecule has 4 aromatic rings. The van der Waals surface area contributed by atoms with Gasteiger partial charge in [-0.25, -0.2) is 9.50 Å². The molecule has 2 aliphatic rings. The van der Waals surface area contributed by atoms with Crippen molar-refractivity contribution in [2.45, 2.75) is 6.42 Å². The Kier molecular flexibility index (Phi) is 6.44. The van der Waals surface area contributed by atoms with Gasteiger partial charge >= 0.3 is 0 Å². The fourth-order valence-electron chi connectivity index (χ4n) is 4.70. The van der Waals surface area contributed by atoms with Crippen LogP contribution in [0, 0.1) is 0 Å². The number of hydrogen-bond donors (Lipinski definition) is 0. The van der Waals surface area contributed by atoms with Crippen molar-refractivity contribution in [3.8, 4) is 28.5 Å². The van der Waals surface area contributed by atoms with Crippen molar-refractivity contribution in [1.82, 2.24) is 24.4 Å². The lowest BCUT2D eigenvalue weighted by Crippen LogP contribution is -2.45. The lowest BCUT2D eigenvalue weighted by Gasteiger charge is -2.32. The van der Waals surface area contributed by atoms with Crippen LogP contribution in [-0.4, -0.2) is 84.0 Å². The zero-order chi connectivity index (χ0) is 24.3. The van der Waals surface area contributed by atoms with Crippen molar-refractivity contribution < 1.29 is 14.2 Å². The normalized spacial score (nSPS) is 16.4. The van der Waals surface area contributed by atoms with Gasteiger partial charge in [0, 0.05) is 44.7 Å². The van der Waals surface area contributed by atoms with E-state index < -0.39 is 0 Å². The molecule has 0 atom stereocenters. The van der Waals surface area contributed by atoms with E-state index in [1.165, 1.54) is 0 Å². The van der Waals surface area contributed by atoms with Crippen LogP contribution in [0.15, 0.2) is 60.7 Å². The minimum atomic E-state index is 0.564. The molecule has 0 amide bonds. The monoisotopic (exact) mass is 485 g/mol. The number of hydrogen-bond acceptors (Lipinski definition) is 7. The van der Waals surface area contributed by atoms with Crippen LogP contribution in [0.4, 0.5) is 0 Å². The minimum absolute atomic E-state index is 0.564. The van der Waals surface area contributed by atoms with Gasteiger partial charge in [-0.15, -0.1) is 0 Å². The molecule has 2 aromatic carbocycles. The van der Waals surface area contributed by atoms with Crippen LogP contribution in [0.25, 0.3) is 16.9 Å². The smallest absolute Gasteiger partial charge is 0.162 e. The Morgan fingerprint density at radius 1 is 0.889 bits per heavy atom. The second kappa shape index (κ2) is 10.2. The molecule has 0 N–H and O–H groups in total. The third-order valence-corrected chi connectivity index (χ3v) is 6.80. The molecule has 2 aliphatic heterocycles. The predicted molar refractivity (Wildman–Crippen MR) is 138 cm³/mol. The highest BCUT2D eigenvalue weighted by atomic mass is 16.6. The third-order valence-electron chi connectivity index (χ3n) is 6.80. The second-order valence-corrected chi connectivity index (χ2v) is 9.38. The summed E-state index contributed by atoms with van der Waals surface area (Å²) in [6.07, 6.45) is 0.657. The fraction of sp³-hybridized carbons (Fsp3) is 0.357. The molecule has 1 fully saturated rings. The van der Waals surface area contributed by atoms with E-state index in [4.69, 9.17) is 24.3 Å². The van der Waals surface area contributed by atoms with E-state index in [2.05, 4.69) is 29.0 Å². The highest BCUT2D eigenvalue weighted by molar-refractivity contribution is 5.66. The van der Waals surface area contributed by atoms with Gasteiger partial charge in [0.25, 0.3) is 0 Å². The number of benzene rings is 2. The van der Waals surface area contributed by atoms with Crippen LogP contribution < -0.4 is 14.2 Å². The van der Waals surface area contributed by atoms with Crippen LogP contribution in [0.2, 0.25) is 0 Å². The van der Waals surface area contributed by atoms with Gasteiger partial charge in [-0.1, -0.05) is 18.2 Å². The summed E-state index contributed by atoms with van der Waals surface area (Å²) in [5, 5.41) is 4.82. The average Bonchev–Trinajstić information content (AvgIpc) is 3.33. The molecule has 1 saturated heterocycles. The number of fused-ring (bicyclic) bond motifs is 2. The van der Waals surface area contributed by atoms with Gasteiger partial charge in [0.05, 0.1) is 5.69 Å². The molecule has 6 rings (SSSR count). The number of likely N-dealkylation sites (N-methyl/N-ethyl adjacent to an activating group) is 1. The summed E-state index contributed by atoms with van der Waals surface area (Å²) < 4.78 is 19.3. The molecule has 2 aromatic heterocycles. The molecule has 8 nitrogen and oxygen atoms in total. The lowest BCUT2D eigenvalue weighted by molar-refractivity contribution is 0.134. The molecule has 0 aliphatic carbocycles. The molecule has 0 radical (unpaired) electrons. The van der Waals surface area contributed by atoms with Crippen molar-refractivity contribution in [2.75, 3.05) is 59.6 Å². The third kappa shape index (κ3) is 5.01. The largest absolute Gasteiger partial charge is 0.492 e. The number of aromatic nitrogens is 3. The standard InChI is InChI=1S/C28H31N5O3/c1-31-11-13-32(14-12-31)15-16-34-23-8-5-21(6-9-23)19-27-29-28-4-2-3-24(33(28)30-27)22-7-10-25-26(20-22)36-18-17-35-25/h2-10,20H,11-19H2,1H3. The maximum atomic E-state index is 5.98. The Morgan fingerprint density at radius 3 is 2.53 bits per heavy atom. The lowest BCUT2D eigenvalue weighted by atomic mass is 10.1. The Labute approximate surface area is 211 Å². The molecule has 4 heterocycles. The van der Waals surface area contributed by atoms with Crippen molar-refractivity contribution >= 4 is 5.65 Å². The number of rotatable bonds is 7. The molecule has 0 spiro atoms. The van der Waals surface area contributed by atoms with Crippen molar-refractivity contribution in [1.29, 1.82) is 0 Å². The Morgan fingerprint density at radius 2 is 1.69 bits per heavy atom. The summed E-state index contributed by atoms with van der Waals surface area (Å²) in [6, 6.07) is 20.3. The summed E-state index contributed by atoms with van der Waals surface area (Å²) in [5.74, 6) is 3.23. The number of piperazine rings is 1. The second-order valence-electron chi connectivity index (χ2n) is 9.38. The fourth-order valence-corrected chi connectivity index (χ4v) is 4.70. The molecule has 186 valence electrons. The van der Waals surface area contributed by atoms with E-state index in [1.54, 1.807) is 0 Å². The van der Waals surface area contributed by atoms with E-state index in [1.807, 2.05) is 53.0 Å². The molecular formula is C28H31N5O3. The van der Waals surface area contributed by atoms with E-state index >= 15 is 0 Å². The molecule has 0 bridgehead atoms. The van der Waals surface area contributed by atoms with Crippen LogP contribution in [0.3, 0.4) is 0 Å². The first kappa shape index (κ1) is 22.8. The van der Waals surface area contributed by atoms with Gasteiger partial charge in [-0.3, -0.25) is 4.90 Å². The Hall–Kier alpha value is -3.62. The highest BCUT2D eigenvalue weighted by Gasteiger charge is 2.16. The van der Waals surface area contributed by atoms with Gasteiger partial charge in [-0.05, 0) is 55.1 Å². The maximum Gasteiger partial charge on any atom is 0.162 e. The molecule has 0 saturated carbocycles. The van der Waals surface area contributed by atoms with Gasteiger partial charge in [-0.2, -0.15) is 5.10 Å². The van der Waals surface area contributed by atoms with E-state index in [0.717, 1.165) is 78.3 Å². The van der Waals surface area contributed by atoms with Crippen molar-refractivity contribution in [3.05, 3.63) is 72.1 Å². The number of pyridine rings is 1. The first-order valence-electron chi connectivity index (χ1n) is 12.6. The van der Waals surface area contributed by atoms with Crippen molar-refractivity contribution in [2.24, 2.45) is 0 Å². The summed E-state index contributed by atoms with van der Waals surface area (Å²) >= 11 is 0. The number of nitrogens with zero attached hydrogens (tertiary/aromatic N) is 5. The maximum absolute atomic E-state index is 5.98. The summed E-state index contributed by atoms with van der Waals surface area (Å²) in [5.41, 5.74) is 3.95. The molecule has 0 unspecified atom stereocenters. The van der Waals surface area contributed by atoms with Crippen molar-refractivity contribution in [3.63, 3.8) is 0 Å². The quantitative estimate of drug-likeness (QED) is 0.398. The summed E-state index contributed by atoms with van der Waals surface area (Å²) in [7, 11) is 2.18. The molecule has 8 heteroatoms. The minimum Gasteiger partial charge on any atom is -0.492 e. The first-order chi connectivity index (χ1) is 17.7. The van der Waals surface area contributed by atoms with Gasteiger partial charge in [0.15, 0.2) is 23.0 Å². The predicted octanol–water partition coefficient (Wildman–Crippen LogP) is 3.38. The zero-order valence-electron chi connectivity index (χ0n) is 20.6. The van der Waals surface area contributed by atoms with Crippen LogP contribution in [0.1, 0.15) is 11.4 Å². The van der Waals surface area contributed by atoms with Crippen LogP contribution in [-0.2, 0) is 6.42 Å².